The lowest BCUT2D eigenvalue weighted by Gasteiger charge is -2.45. The highest BCUT2D eigenvalue weighted by Crippen LogP contribution is 2.35. The van der Waals surface area contributed by atoms with Gasteiger partial charge in [-0.05, 0) is 44.1 Å². The van der Waals surface area contributed by atoms with Crippen molar-refractivity contribution >= 4 is 0 Å². The molecule has 0 heterocycles. The van der Waals surface area contributed by atoms with Gasteiger partial charge in [-0.15, -0.1) is 0 Å². The van der Waals surface area contributed by atoms with Crippen LogP contribution < -0.4 is 5.73 Å². The molecule has 0 aromatic carbocycles. The lowest BCUT2D eigenvalue weighted by Crippen LogP contribution is -2.52. The standard InChI is InChI=1S/C17H36N2O/c1-5-14-8-9-15(13-18)17(12-14)19(10-11-20-4)16(6-2)7-3/h14-17H,5-13,18H2,1-4H3. The molecule has 1 aliphatic rings. The number of rotatable bonds is 9. The molecule has 0 aromatic heterocycles. The third-order valence-electron chi connectivity index (χ3n) is 5.34. The Morgan fingerprint density at radius 1 is 1.20 bits per heavy atom. The highest BCUT2D eigenvalue weighted by molar-refractivity contribution is 4.89. The van der Waals surface area contributed by atoms with Crippen LogP contribution in [0.3, 0.4) is 0 Å². The molecule has 3 atom stereocenters. The molecule has 1 saturated carbocycles. The number of nitrogens with two attached hydrogens (primary N) is 1. The van der Waals surface area contributed by atoms with E-state index in [0.717, 1.165) is 25.6 Å². The minimum absolute atomic E-state index is 0.666. The summed E-state index contributed by atoms with van der Waals surface area (Å²) in [6, 6.07) is 1.35. The fourth-order valence-electron chi connectivity index (χ4n) is 3.92. The van der Waals surface area contributed by atoms with Gasteiger partial charge in [0.05, 0.1) is 6.61 Å². The molecule has 0 aliphatic heterocycles. The summed E-state index contributed by atoms with van der Waals surface area (Å²) < 4.78 is 5.35. The molecular weight excluding hydrogens is 248 g/mol. The van der Waals surface area contributed by atoms with Crippen LogP contribution in [-0.2, 0) is 4.74 Å². The Morgan fingerprint density at radius 3 is 2.40 bits per heavy atom. The molecule has 0 saturated heterocycles. The Kier molecular flexibility index (Phi) is 8.74. The van der Waals surface area contributed by atoms with E-state index in [1.54, 1.807) is 7.11 Å². The Labute approximate surface area is 126 Å². The second kappa shape index (κ2) is 9.75. The molecule has 0 amide bonds. The number of hydrogen-bond acceptors (Lipinski definition) is 3. The van der Waals surface area contributed by atoms with Crippen molar-refractivity contribution in [3.8, 4) is 0 Å². The summed E-state index contributed by atoms with van der Waals surface area (Å²) in [7, 11) is 1.81. The SMILES string of the molecule is CCC1CCC(CN)C(N(CCOC)C(CC)CC)C1. The Balaban J connectivity index is 2.82. The van der Waals surface area contributed by atoms with Gasteiger partial charge in [-0.2, -0.15) is 0 Å². The molecule has 2 N–H and O–H groups in total. The normalized spacial score (nSPS) is 27.4. The minimum atomic E-state index is 0.666. The summed E-state index contributed by atoms with van der Waals surface area (Å²) in [6.07, 6.45) is 7.78. The van der Waals surface area contributed by atoms with Gasteiger partial charge in [0.1, 0.15) is 0 Å². The van der Waals surface area contributed by atoms with Crippen molar-refractivity contribution in [2.75, 3.05) is 26.8 Å². The van der Waals surface area contributed by atoms with Crippen molar-refractivity contribution in [2.24, 2.45) is 17.6 Å². The van der Waals surface area contributed by atoms with E-state index in [2.05, 4.69) is 25.7 Å². The van der Waals surface area contributed by atoms with Crippen molar-refractivity contribution < 1.29 is 4.74 Å². The maximum atomic E-state index is 6.07. The van der Waals surface area contributed by atoms with Crippen molar-refractivity contribution in [3.63, 3.8) is 0 Å². The predicted molar refractivity (Wildman–Crippen MR) is 86.9 cm³/mol. The monoisotopic (exact) mass is 284 g/mol. The summed E-state index contributed by atoms with van der Waals surface area (Å²) in [6.45, 7) is 9.69. The molecule has 1 fully saturated rings. The van der Waals surface area contributed by atoms with E-state index in [1.807, 2.05) is 0 Å². The fraction of sp³-hybridized carbons (Fsp3) is 1.00. The topological polar surface area (TPSA) is 38.5 Å². The number of hydrogen-bond donors (Lipinski definition) is 1. The maximum Gasteiger partial charge on any atom is 0.0589 e. The van der Waals surface area contributed by atoms with E-state index in [4.69, 9.17) is 10.5 Å². The first kappa shape index (κ1) is 17.9. The summed E-state index contributed by atoms with van der Waals surface area (Å²) >= 11 is 0. The fourth-order valence-corrected chi connectivity index (χ4v) is 3.92. The number of methoxy groups -OCH3 is 1. The quantitative estimate of drug-likeness (QED) is 0.706. The minimum Gasteiger partial charge on any atom is -0.383 e. The van der Waals surface area contributed by atoms with Gasteiger partial charge in [0.15, 0.2) is 0 Å². The zero-order valence-electron chi connectivity index (χ0n) is 14.1. The van der Waals surface area contributed by atoms with Gasteiger partial charge < -0.3 is 10.5 Å². The second-order valence-corrected chi connectivity index (χ2v) is 6.35. The van der Waals surface area contributed by atoms with Crippen LogP contribution in [0.25, 0.3) is 0 Å². The van der Waals surface area contributed by atoms with Crippen LogP contribution >= 0.6 is 0 Å². The molecule has 1 rings (SSSR count). The molecule has 0 radical (unpaired) electrons. The molecule has 0 spiro atoms. The average molecular weight is 284 g/mol. The lowest BCUT2D eigenvalue weighted by molar-refractivity contribution is 0.0225. The molecule has 0 aromatic rings. The number of nitrogens with zero attached hydrogens (tertiary/aromatic N) is 1. The molecule has 1 aliphatic carbocycles. The van der Waals surface area contributed by atoms with Crippen LogP contribution in [0.1, 0.15) is 59.3 Å². The van der Waals surface area contributed by atoms with Gasteiger partial charge in [0.25, 0.3) is 0 Å². The van der Waals surface area contributed by atoms with E-state index >= 15 is 0 Å². The van der Waals surface area contributed by atoms with Gasteiger partial charge in [-0.25, -0.2) is 0 Å². The molecule has 3 unspecified atom stereocenters. The third-order valence-corrected chi connectivity index (χ3v) is 5.34. The van der Waals surface area contributed by atoms with Gasteiger partial charge in [0.2, 0.25) is 0 Å². The molecule has 0 bridgehead atoms. The summed E-state index contributed by atoms with van der Waals surface area (Å²) in [4.78, 5) is 2.73. The first-order valence-corrected chi connectivity index (χ1v) is 8.66. The van der Waals surface area contributed by atoms with E-state index < -0.39 is 0 Å². The Bertz CT molecular complexity index is 236. The van der Waals surface area contributed by atoms with Gasteiger partial charge in [0, 0.05) is 25.7 Å². The number of ether oxygens (including phenoxy) is 1. The van der Waals surface area contributed by atoms with Crippen LogP contribution in [0.4, 0.5) is 0 Å². The second-order valence-electron chi connectivity index (χ2n) is 6.35. The van der Waals surface area contributed by atoms with Crippen LogP contribution in [0.15, 0.2) is 0 Å². The van der Waals surface area contributed by atoms with Crippen LogP contribution in [0, 0.1) is 11.8 Å². The van der Waals surface area contributed by atoms with Crippen molar-refractivity contribution in [1.29, 1.82) is 0 Å². The van der Waals surface area contributed by atoms with Crippen molar-refractivity contribution in [3.05, 3.63) is 0 Å². The first-order chi connectivity index (χ1) is 9.71. The summed E-state index contributed by atoms with van der Waals surface area (Å²) in [5, 5.41) is 0. The first-order valence-electron chi connectivity index (χ1n) is 8.66. The van der Waals surface area contributed by atoms with E-state index in [-0.39, 0.29) is 0 Å². The summed E-state index contributed by atoms with van der Waals surface area (Å²) in [5.41, 5.74) is 6.07. The van der Waals surface area contributed by atoms with Gasteiger partial charge in [-0.1, -0.05) is 33.6 Å². The summed E-state index contributed by atoms with van der Waals surface area (Å²) in [5.74, 6) is 1.57. The average Bonchev–Trinajstić information content (AvgIpc) is 2.50. The van der Waals surface area contributed by atoms with Crippen LogP contribution in [-0.4, -0.2) is 43.8 Å². The molecule has 120 valence electrons. The van der Waals surface area contributed by atoms with Crippen LogP contribution in [0.5, 0.6) is 0 Å². The maximum absolute atomic E-state index is 6.07. The molecule has 3 nitrogen and oxygen atoms in total. The highest BCUT2D eigenvalue weighted by Gasteiger charge is 2.35. The van der Waals surface area contributed by atoms with E-state index in [1.165, 1.54) is 38.5 Å². The van der Waals surface area contributed by atoms with Crippen molar-refractivity contribution in [1.82, 2.24) is 4.90 Å². The van der Waals surface area contributed by atoms with Crippen LogP contribution in [0.2, 0.25) is 0 Å². The lowest BCUT2D eigenvalue weighted by atomic mass is 9.76. The van der Waals surface area contributed by atoms with E-state index in [0.29, 0.717) is 18.0 Å². The zero-order chi connectivity index (χ0) is 15.0. The Hall–Kier alpha value is -0.120. The zero-order valence-corrected chi connectivity index (χ0v) is 14.1. The highest BCUT2D eigenvalue weighted by atomic mass is 16.5. The Morgan fingerprint density at radius 2 is 1.90 bits per heavy atom. The van der Waals surface area contributed by atoms with Gasteiger partial charge in [-0.3, -0.25) is 4.90 Å². The predicted octanol–water partition coefficient (Wildman–Crippen LogP) is 3.28. The molecule has 20 heavy (non-hydrogen) atoms. The van der Waals surface area contributed by atoms with Crippen molar-refractivity contribution in [2.45, 2.75) is 71.4 Å². The smallest absolute Gasteiger partial charge is 0.0589 e. The molecular formula is C17H36N2O. The largest absolute Gasteiger partial charge is 0.383 e. The van der Waals surface area contributed by atoms with E-state index in [9.17, 15) is 0 Å². The van der Waals surface area contributed by atoms with Gasteiger partial charge >= 0.3 is 0 Å². The third kappa shape index (κ3) is 4.71. The molecule has 3 heteroatoms.